The second-order valence-corrected chi connectivity index (χ2v) is 3.24. The van der Waals surface area contributed by atoms with Crippen molar-refractivity contribution < 1.29 is 4.79 Å². The third kappa shape index (κ3) is 1.96. The second kappa shape index (κ2) is 4.08. The van der Waals surface area contributed by atoms with Crippen LogP contribution < -0.4 is 5.32 Å². The van der Waals surface area contributed by atoms with Crippen molar-refractivity contribution in [2.45, 2.75) is 6.54 Å². The van der Waals surface area contributed by atoms with E-state index in [-0.39, 0.29) is 5.91 Å². The molecule has 1 aromatic heterocycles. The summed E-state index contributed by atoms with van der Waals surface area (Å²) in [4.78, 5) is 19.1. The lowest BCUT2D eigenvalue weighted by atomic mass is 10.5. The lowest BCUT2D eigenvalue weighted by Crippen LogP contribution is -2.02. The van der Waals surface area contributed by atoms with Gasteiger partial charge in [0.1, 0.15) is 0 Å². The van der Waals surface area contributed by atoms with Crippen molar-refractivity contribution in [2.24, 2.45) is 4.99 Å². The maximum Gasteiger partial charge on any atom is 0.305 e. The van der Waals surface area contributed by atoms with Gasteiger partial charge in [0.2, 0.25) is 0 Å². The summed E-state index contributed by atoms with van der Waals surface area (Å²) in [5.74, 6) is -0.359. The number of thiazole rings is 1. The van der Waals surface area contributed by atoms with E-state index < -0.39 is 0 Å². The van der Waals surface area contributed by atoms with Gasteiger partial charge in [0, 0.05) is 17.6 Å². The smallest absolute Gasteiger partial charge is 0.305 e. The van der Waals surface area contributed by atoms with Crippen LogP contribution in [-0.4, -0.2) is 24.7 Å². The summed E-state index contributed by atoms with van der Waals surface area (Å²) in [6.45, 7) is 3.87. The highest BCUT2D eigenvalue weighted by molar-refractivity contribution is 7.13. The molecule has 0 atom stereocenters. The van der Waals surface area contributed by atoms with Crippen LogP contribution in [0.5, 0.6) is 0 Å². The van der Waals surface area contributed by atoms with Crippen molar-refractivity contribution in [2.75, 3.05) is 7.05 Å². The molecule has 0 aliphatic carbocycles. The van der Waals surface area contributed by atoms with E-state index in [4.69, 9.17) is 0 Å². The van der Waals surface area contributed by atoms with E-state index in [2.05, 4.69) is 22.0 Å². The van der Waals surface area contributed by atoms with Crippen LogP contribution in [0.3, 0.4) is 0 Å². The third-order valence-electron chi connectivity index (χ3n) is 1.23. The van der Waals surface area contributed by atoms with Crippen molar-refractivity contribution in [3.8, 4) is 0 Å². The van der Waals surface area contributed by atoms with Crippen molar-refractivity contribution >= 4 is 24.0 Å². The standard InChI is InChI=1S/C7H9N3OS/c1-8-3-5-4-10-7(12-5)6(11)9-2/h4,8H,2-3H2,1H3. The number of aromatic nitrogens is 1. The molecular formula is C7H9N3OS. The van der Waals surface area contributed by atoms with E-state index in [9.17, 15) is 4.79 Å². The maximum absolute atomic E-state index is 10.9. The first-order valence-corrected chi connectivity index (χ1v) is 4.20. The molecule has 0 spiro atoms. The fourth-order valence-corrected chi connectivity index (χ4v) is 1.56. The van der Waals surface area contributed by atoms with Gasteiger partial charge in [-0.2, -0.15) is 0 Å². The van der Waals surface area contributed by atoms with E-state index in [1.165, 1.54) is 11.3 Å². The molecule has 0 bridgehead atoms. The van der Waals surface area contributed by atoms with Gasteiger partial charge < -0.3 is 5.32 Å². The van der Waals surface area contributed by atoms with Gasteiger partial charge in [-0.25, -0.2) is 9.98 Å². The maximum atomic E-state index is 10.9. The Morgan fingerprint density at radius 1 is 1.92 bits per heavy atom. The number of amides is 1. The minimum atomic E-state index is -0.359. The molecule has 1 rings (SSSR count). The Balaban J connectivity index is 2.76. The lowest BCUT2D eigenvalue weighted by Gasteiger charge is -1.89. The summed E-state index contributed by atoms with van der Waals surface area (Å²) in [6.07, 6.45) is 1.67. The number of nitrogens with zero attached hydrogens (tertiary/aromatic N) is 2. The highest BCUT2D eigenvalue weighted by Gasteiger charge is 2.07. The van der Waals surface area contributed by atoms with Gasteiger partial charge >= 0.3 is 5.91 Å². The largest absolute Gasteiger partial charge is 0.315 e. The van der Waals surface area contributed by atoms with Crippen LogP contribution in [0.4, 0.5) is 0 Å². The van der Waals surface area contributed by atoms with Crippen LogP contribution in [0.25, 0.3) is 0 Å². The Labute approximate surface area is 74.4 Å². The summed E-state index contributed by atoms with van der Waals surface area (Å²) in [7, 11) is 1.84. The number of carbonyl (C=O) groups excluding carboxylic acids is 1. The molecule has 0 unspecified atom stereocenters. The lowest BCUT2D eigenvalue weighted by molar-refractivity contribution is 0.100. The normalized spacial score (nSPS) is 9.75. The molecule has 0 saturated carbocycles. The van der Waals surface area contributed by atoms with Gasteiger partial charge in [0.15, 0.2) is 5.01 Å². The number of hydrogen-bond acceptors (Lipinski definition) is 4. The Morgan fingerprint density at radius 3 is 3.25 bits per heavy atom. The number of carbonyl (C=O) groups is 1. The monoisotopic (exact) mass is 183 g/mol. The SMILES string of the molecule is C=NC(=O)c1ncc(CNC)s1. The topological polar surface area (TPSA) is 54.4 Å². The van der Waals surface area contributed by atoms with Crippen LogP contribution in [0.1, 0.15) is 14.7 Å². The summed E-state index contributed by atoms with van der Waals surface area (Å²) >= 11 is 1.33. The molecule has 0 aromatic carbocycles. The van der Waals surface area contributed by atoms with Crippen molar-refractivity contribution in [1.29, 1.82) is 0 Å². The number of nitrogens with one attached hydrogen (secondary N) is 1. The summed E-state index contributed by atoms with van der Waals surface area (Å²) in [5, 5.41) is 3.37. The number of aliphatic imine (C=N–C) groups is 1. The molecule has 64 valence electrons. The average molecular weight is 183 g/mol. The first-order chi connectivity index (χ1) is 5.77. The van der Waals surface area contributed by atoms with E-state index in [0.29, 0.717) is 5.01 Å². The Hall–Kier alpha value is -1.07. The van der Waals surface area contributed by atoms with Gasteiger partial charge in [-0.1, -0.05) is 0 Å². The molecule has 12 heavy (non-hydrogen) atoms. The fraction of sp³-hybridized carbons (Fsp3) is 0.286. The molecular weight excluding hydrogens is 174 g/mol. The molecule has 5 heteroatoms. The first kappa shape index (κ1) is 9.02. The van der Waals surface area contributed by atoms with Gasteiger partial charge in [-0.05, 0) is 13.8 Å². The zero-order valence-electron chi connectivity index (χ0n) is 6.70. The van der Waals surface area contributed by atoms with Crippen LogP contribution >= 0.6 is 11.3 Å². The van der Waals surface area contributed by atoms with E-state index >= 15 is 0 Å². The zero-order chi connectivity index (χ0) is 8.97. The fourth-order valence-electron chi connectivity index (χ4n) is 0.730. The van der Waals surface area contributed by atoms with Gasteiger partial charge in [0.05, 0.1) is 0 Å². The quantitative estimate of drug-likeness (QED) is 0.702. The predicted octanol–water partition coefficient (Wildman–Crippen LogP) is 0.703. The van der Waals surface area contributed by atoms with Gasteiger partial charge in [-0.15, -0.1) is 11.3 Å². The van der Waals surface area contributed by atoms with Crippen LogP contribution in [-0.2, 0) is 6.54 Å². The highest BCUT2D eigenvalue weighted by atomic mass is 32.1. The van der Waals surface area contributed by atoms with Crippen molar-refractivity contribution in [1.82, 2.24) is 10.3 Å². The van der Waals surface area contributed by atoms with Crippen molar-refractivity contribution in [3.63, 3.8) is 0 Å². The highest BCUT2D eigenvalue weighted by Crippen LogP contribution is 2.12. The molecule has 1 aromatic rings. The van der Waals surface area contributed by atoms with Gasteiger partial charge in [-0.3, -0.25) is 4.79 Å². The Kier molecular flexibility index (Phi) is 3.07. The summed E-state index contributed by atoms with van der Waals surface area (Å²) in [5.41, 5.74) is 0. The molecule has 1 amide bonds. The molecule has 0 radical (unpaired) electrons. The van der Waals surface area contributed by atoms with E-state index in [1.54, 1.807) is 6.20 Å². The molecule has 0 aliphatic rings. The molecule has 0 aliphatic heterocycles. The first-order valence-electron chi connectivity index (χ1n) is 3.38. The molecule has 0 saturated heterocycles. The summed E-state index contributed by atoms with van der Waals surface area (Å²) < 4.78 is 0. The zero-order valence-corrected chi connectivity index (χ0v) is 7.52. The molecule has 1 N–H and O–H groups in total. The Morgan fingerprint density at radius 2 is 2.67 bits per heavy atom. The summed E-state index contributed by atoms with van der Waals surface area (Å²) in [6, 6.07) is 0. The average Bonchev–Trinajstić information content (AvgIpc) is 2.52. The minimum absolute atomic E-state index is 0.359. The predicted molar refractivity (Wildman–Crippen MR) is 48.8 cm³/mol. The van der Waals surface area contributed by atoms with Crippen LogP contribution in [0, 0.1) is 0 Å². The number of hydrogen-bond donors (Lipinski definition) is 1. The molecule has 1 heterocycles. The van der Waals surface area contributed by atoms with E-state index in [1.807, 2.05) is 7.05 Å². The van der Waals surface area contributed by atoms with Gasteiger partial charge in [0.25, 0.3) is 0 Å². The second-order valence-electron chi connectivity index (χ2n) is 2.13. The van der Waals surface area contributed by atoms with E-state index in [0.717, 1.165) is 11.4 Å². The third-order valence-corrected chi connectivity index (χ3v) is 2.22. The Bertz CT molecular complexity index is 295. The minimum Gasteiger partial charge on any atom is -0.315 e. The van der Waals surface area contributed by atoms with Crippen LogP contribution in [0.15, 0.2) is 11.2 Å². The van der Waals surface area contributed by atoms with Crippen molar-refractivity contribution in [3.05, 3.63) is 16.1 Å². The molecule has 0 fully saturated rings. The van der Waals surface area contributed by atoms with Crippen LogP contribution in [0.2, 0.25) is 0 Å². The molecule has 4 nitrogen and oxygen atoms in total. The number of rotatable bonds is 3.